The van der Waals surface area contributed by atoms with Gasteiger partial charge in [0.1, 0.15) is 6.04 Å². The van der Waals surface area contributed by atoms with Crippen LogP contribution >= 0.6 is 0 Å². The number of carboxylic acids is 1. The van der Waals surface area contributed by atoms with Gasteiger partial charge < -0.3 is 27.6 Å². The fourth-order valence-corrected chi connectivity index (χ4v) is 2.00. The van der Waals surface area contributed by atoms with Gasteiger partial charge in [-0.25, -0.2) is 4.79 Å². The van der Waals surface area contributed by atoms with Gasteiger partial charge in [-0.2, -0.15) is 8.42 Å². The SMILES string of the molecule is NC(N)=NCCC[C@H](NC(=O)[C@@H](N)Cc1ccccc1)C(=O)O.O=S(=O)(O)O. The van der Waals surface area contributed by atoms with Gasteiger partial charge in [0.15, 0.2) is 5.96 Å². The molecule has 12 nitrogen and oxygen atoms in total. The predicted molar refractivity (Wildman–Crippen MR) is 102 cm³/mol. The molecule has 0 saturated carbocycles. The van der Waals surface area contributed by atoms with Gasteiger partial charge in [-0.3, -0.25) is 18.9 Å². The maximum absolute atomic E-state index is 12.0. The number of carboxylic acid groups (broad SMARTS) is 1. The highest BCUT2D eigenvalue weighted by Crippen LogP contribution is 2.04. The summed E-state index contributed by atoms with van der Waals surface area (Å²) in [7, 11) is -4.67. The van der Waals surface area contributed by atoms with Gasteiger partial charge in [-0.15, -0.1) is 0 Å². The van der Waals surface area contributed by atoms with Crippen LogP contribution in [0.5, 0.6) is 0 Å². The lowest BCUT2D eigenvalue weighted by Crippen LogP contribution is -2.49. The quantitative estimate of drug-likeness (QED) is 0.106. The molecule has 0 saturated heterocycles. The number of hydrogen-bond donors (Lipinski definition) is 7. The van der Waals surface area contributed by atoms with Crippen LogP contribution in [0.3, 0.4) is 0 Å². The number of amides is 1. The second-order valence-electron chi connectivity index (χ2n) is 5.59. The van der Waals surface area contributed by atoms with E-state index in [4.69, 9.17) is 39.8 Å². The fraction of sp³-hybridized carbons (Fsp3) is 0.400. The zero-order valence-electron chi connectivity index (χ0n) is 14.9. The molecule has 158 valence electrons. The summed E-state index contributed by atoms with van der Waals surface area (Å²) in [5, 5.41) is 11.6. The van der Waals surface area contributed by atoms with E-state index in [1.165, 1.54) is 0 Å². The van der Waals surface area contributed by atoms with Crippen LogP contribution in [0.25, 0.3) is 0 Å². The third-order valence-electron chi connectivity index (χ3n) is 3.20. The van der Waals surface area contributed by atoms with Crippen LogP contribution in [0.4, 0.5) is 0 Å². The van der Waals surface area contributed by atoms with E-state index in [0.29, 0.717) is 19.4 Å². The molecule has 0 heterocycles. The molecular formula is C15H25N5O7S. The first-order valence-corrected chi connectivity index (χ1v) is 9.37. The number of nitrogens with one attached hydrogen (secondary N) is 1. The first-order valence-electron chi connectivity index (χ1n) is 7.98. The standard InChI is InChI=1S/C15H23N5O3.H2O4S/c16-11(9-10-5-2-1-3-6-10)13(21)20-12(14(22)23)7-4-8-19-15(17)18;1-5(2,3)4/h1-3,5-6,11-12H,4,7-9,16H2,(H,20,21)(H,22,23)(H4,17,18,19);(H2,1,2,3,4)/t11-,12-;/m0./s1. The fourth-order valence-electron chi connectivity index (χ4n) is 2.00. The molecule has 2 atom stereocenters. The highest BCUT2D eigenvalue weighted by molar-refractivity contribution is 7.79. The Kier molecular flexibility index (Phi) is 11.4. The summed E-state index contributed by atoms with van der Waals surface area (Å²) >= 11 is 0. The Morgan fingerprint density at radius 2 is 1.68 bits per heavy atom. The number of hydrogen-bond acceptors (Lipinski definition) is 6. The molecule has 1 aromatic carbocycles. The number of nitrogens with zero attached hydrogens (tertiary/aromatic N) is 1. The zero-order valence-corrected chi connectivity index (χ0v) is 15.7. The van der Waals surface area contributed by atoms with Gasteiger partial charge in [0.25, 0.3) is 0 Å². The van der Waals surface area contributed by atoms with Crippen molar-refractivity contribution in [3.05, 3.63) is 35.9 Å². The van der Waals surface area contributed by atoms with Crippen LogP contribution in [0, 0.1) is 0 Å². The number of benzene rings is 1. The molecular weight excluding hydrogens is 394 g/mol. The molecule has 0 aliphatic rings. The van der Waals surface area contributed by atoms with Crippen molar-refractivity contribution >= 4 is 28.2 Å². The summed E-state index contributed by atoms with van der Waals surface area (Å²) in [6, 6.07) is 7.46. The first kappa shape index (κ1) is 25.3. The molecule has 0 aliphatic heterocycles. The van der Waals surface area contributed by atoms with Gasteiger partial charge in [0.05, 0.1) is 6.04 Å². The average Bonchev–Trinajstić information content (AvgIpc) is 2.56. The molecule has 1 rings (SSSR count). The Morgan fingerprint density at radius 3 is 2.14 bits per heavy atom. The van der Waals surface area contributed by atoms with Crippen molar-refractivity contribution in [2.24, 2.45) is 22.2 Å². The van der Waals surface area contributed by atoms with E-state index in [2.05, 4.69) is 10.3 Å². The molecule has 0 spiro atoms. The van der Waals surface area contributed by atoms with Crippen molar-refractivity contribution in [2.75, 3.05) is 6.54 Å². The van der Waals surface area contributed by atoms with Crippen molar-refractivity contribution in [1.29, 1.82) is 0 Å². The number of aliphatic imine (C=N–C) groups is 1. The third kappa shape index (κ3) is 14.4. The molecule has 0 radical (unpaired) electrons. The van der Waals surface area contributed by atoms with Gasteiger partial charge in [-0.1, -0.05) is 30.3 Å². The minimum Gasteiger partial charge on any atom is -0.480 e. The van der Waals surface area contributed by atoms with E-state index in [-0.39, 0.29) is 12.4 Å². The molecule has 28 heavy (non-hydrogen) atoms. The number of nitrogens with two attached hydrogens (primary N) is 3. The highest BCUT2D eigenvalue weighted by atomic mass is 32.3. The summed E-state index contributed by atoms with van der Waals surface area (Å²) in [5.41, 5.74) is 17.1. The Morgan fingerprint density at radius 1 is 1.14 bits per heavy atom. The molecule has 10 N–H and O–H groups in total. The largest absolute Gasteiger partial charge is 0.480 e. The molecule has 0 aromatic heterocycles. The Balaban J connectivity index is 0.00000129. The summed E-state index contributed by atoms with van der Waals surface area (Å²) in [5.74, 6) is -1.66. The van der Waals surface area contributed by atoms with Crippen molar-refractivity contribution in [3.8, 4) is 0 Å². The van der Waals surface area contributed by atoms with Crippen LogP contribution < -0.4 is 22.5 Å². The van der Waals surface area contributed by atoms with Gasteiger partial charge in [0, 0.05) is 6.54 Å². The third-order valence-corrected chi connectivity index (χ3v) is 3.20. The van der Waals surface area contributed by atoms with Gasteiger partial charge in [0.2, 0.25) is 5.91 Å². The minimum absolute atomic E-state index is 0.0502. The first-order chi connectivity index (χ1) is 12.9. The zero-order chi connectivity index (χ0) is 21.7. The van der Waals surface area contributed by atoms with Gasteiger partial charge in [-0.05, 0) is 24.8 Å². The van der Waals surface area contributed by atoms with E-state index in [1.807, 2.05) is 30.3 Å². The van der Waals surface area contributed by atoms with E-state index in [1.54, 1.807) is 0 Å². The predicted octanol–water partition coefficient (Wildman–Crippen LogP) is -1.47. The maximum atomic E-state index is 12.0. The van der Waals surface area contributed by atoms with Crippen molar-refractivity contribution in [2.45, 2.75) is 31.3 Å². The van der Waals surface area contributed by atoms with Crippen LogP contribution in [-0.2, 0) is 26.4 Å². The van der Waals surface area contributed by atoms with Crippen molar-refractivity contribution < 1.29 is 32.2 Å². The lowest BCUT2D eigenvalue weighted by molar-refractivity contribution is -0.142. The van der Waals surface area contributed by atoms with Crippen molar-refractivity contribution in [1.82, 2.24) is 5.32 Å². The number of guanidine groups is 1. The van der Waals surface area contributed by atoms with Crippen LogP contribution in [-0.4, -0.2) is 59.1 Å². The van der Waals surface area contributed by atoms with Crippen LogP contribution in [0.15, 0.2) is 35.3 Å². The van der Waals surface area contributed by atoms with Crippen LogP contribution in [0.1, 0.15) is 18.4 Å². The number of carbonyl (C=O) groups excluding carboxylic acids is 1. The number of rotatable bonds is 9. The minimum atomic E-state index is -4.67. The second-order valence-corrected chi connectivity index (χ2v) is 6.49. The maximum Gasteiger partial charge on any atom is 0.394 e. The van der Waals surface area contributed by atoms with E-state index >= 15 is 0 Å². The average molecular weight is 419 g/mol. The number of carbonyl (C=O) groups is 2. The Labute approximate surface area is 162 Å². The summed E-state index contributed by atoms with van der Waals surface area (Å²) in [4.78, 5) is 27.0. The molecule has 1 aromatic rings. The molecule has 1 amide bonds. The summed E-state index contributed by atoms with van der Waals surface area (Å²) < 4.78 is 31.6. The second kappa shape index (κ2) is 12.6. The molecule has 0 fully saturated rings. The lowest BCUT2D eigenvalue weighted by atomic mass is 10.1. The topological polar surface area (TPSA) is 231 Å². The van der Waals surface area contributed by atoms with Gasteiger partial charge >= 0.3 is 16.4 Å². The molecule has 0 unspecified atom stereocenters. The highest BCUT2D eigenvalue weighted by Gasteiger charge is 2.23. The molecule has 13 heteroatoms. The summed E-state index contributed by atoms with van der Waals surface area (Å²) in [6.07, 6.45) is 0.992. The molecule has 0 aliphatic carbocycles. The van der Waals surface area contributed by atoms with Crippen molar-refractivity contribution in [3.63, 3.8) is 0 Å². The van der Waals surface area contributed by atoms with E-state index < -0.39 is 34.4 Å². The summed E-state index contributed by atoms with van der Waals surface area (Å²) in [6.45, 7) is 0.304. The Hall–Kier alpha value is -2.74. The lowest BCUT2D eigenvalue weighted by Gasteiger charge is -2.17. The monoisotopic (exact) mass is 419 g/mol. The van der Waals surface area contributed by atoms with E-state index in [9.17, 15) is 9.59 Å². The smallest absolute Gasteiger partial charge is 0.394 e. The van der Waals surface area contributed by atoms with E-state index in [0.717, 1.165) is 5.56 Å². The molecule has 0 bridgehead atoms. The normalized spacial score (nSPS) is 12.7. The Bertz CT molecular complexity index is 743. The number of aliphatic carboxylic acids is 1. The van der Waals surface area contributed by atoms with Crippen LogP contribution in [0.2, 0.25) is 0 Å².